The molecule has 3 nitrogen and oxygen atoms in total. The van der Waals surface area contributed by atoms with Crippen LogP contribution < -0.4 is 0 Å². The lowest BCUT2D eigenvalue weighted by atomic mass is 10.1. The monoisotopic (exact) mass is 240 g/mol. The molecule has 0 aromatic heterocycles. The molecule has 0 aliphatic carbocycles. The van der Waals surface area contributed by atoms with Gasteiger partial charge in [0.25, 0.3) is 0 Å². The third-order valence-corrected chi connectivity index (χ3v) is 2.50. The summed E-state index contributed by atoms with van der Waals surface area (Å²) < 4.78 is 3.07. The molecule has 0 N–H and O–H groups in total. The fraction of sp³-hybridized carbons (Fsp3) is 0.889. The lowest BCUT2D eigenvalue weighted by Crippen LogP contribution is -2.30. The normalized spacial score (nSPS) is 13.6. The van der Waals surface area contributed by atoms with Gasteiger partial charge in [0.2, 0.25) is 0 Å². The minimum Gasteiger partial charge on any atom is -0.298 e. The maximum absolute atomic E-state index is 11.2. The van der Waals surface area contributed by atoms with Crippen molar-refractivity contribution >= 4 is 29.3 Å². The van der Waals surface area contributed by atoms with Gasteiger partial charge < -0.3 is 0 Å². The number of carbonyl (C=O) groups is 1. The van der Waals surface area contributed by atoms with Crippen LogP contribution in [-0.4, -0.2) is 41.3 Å². The van der Waals surface area contributed by atoms with Gasteiger partial charge in [-0.1, -0.05) is 6.42 Å². The van der Waals surface area contributed by atoms with E-state index >= 15 is 0 Å². The van der Waals surface area contributed by atoms with Gasteiger partial charge in [-0.2, -0.15) is 0 Å². The zero-order chi connectivity index (χ0) is 11.1. The predicted octanol–water partition coefficient (Wildman–Crippen LogP) is 2.29. The minimum absolute atomic E-state index is 0.113. The Labute approximate surface area is 96.2 Å². The molecule has 0 saturated carbocycles. The number of rotatable bonds is 7. The first-order valence-electron chi connectivity index (χ1n) is 4.71. The first kappa shape index (κ1) is 14.2. The van der Waals surface area contributed by atoms with Crippen LogP contribution in [0.1, 0.15) is 26.2 Å². The van der Waals surface area contributed by atoms with Crippen LogP contribution in [0.5, 0.6) is 0 Å². The fourth-order valence-corrected chi connectivity index (χ4v) is 1.65. The van der Waals surface area contributed by atoms with Gasteiger partial charge in [0.05, 0.1) is 6.04 Å². The second kappa shape index (κ2) is 7.46. The second-order valence-electron chi connectivity index (χ2n) is 3.48. The molecule has 14 heavy (non-hydrogen) atoms. The second-order valence-corrected chi connectivity index (χ2v) is 4.59. The molecule has 0 aromatic carbocycles. The number of ketones is 1. The molecule has 84 valence electrons. The fourth-order valence-electron chi connectivity index (χ4n) is 1.30. The Kier molecular flexibility index (Phi) is 7.55. The SMILES string of the molecule is CC(=O)C(CCCCN(C)Cl)N(C)Cl. The average Bonchev–Trinajstić information content (AvgIpc) is 2.01. The van der Waals surface area contributed by atoms with E-state index in [4.69, 9.17) is 23.6 Å². The minimum atomic E-state index is -0.169. The number of likely N-dealkylation sites (N-methyl/N-ethyl adjacent to an activating group) is 1. The quantitative estimate of drug-likeness (QED) is 0.504. The molecule has 0 saturated heterocycles. The maximum atomic E-state index is 11.2. The van der Waals surface area contributed by atoms with E-state index in [1.807, 2.05) is 7.05 Å². The van der Waals surface area contributed by atoms with Gasteiger partial charge in [-0.25, -0.2) is 8.84 Å². The van der Waals surface area contributed by atoms with Gasteiger partial charge in [-0.05, 0) is 43.3 Å². The van der Waals surface area contributed by atoms with Crippen LogP contribution in [0.4, 0.5) is 0 Å². The van der Waals surface area contributed by atoms with E-state index in [-0.39, 0.29) is 11.8 Å². The molecular weight excluding hydrogens is 223 g/mol. The highest BCUT2D eigenvalue weighted by Crippen LogP contribution is 2.10. The highest BCUT2D eigenvalue weighted by Gasteiger charge is 2.17. The van der Waals surface area contributed by atoms with Crippen molar-refractivity contribution in [2.75, 3.05) is 20.6 Å². The molecule has 1 unspecified atom stereocenters. The Morgan fingerprint density at radius 2 is 1.86 bits per heavy atom. The summed E-state index contributed by atoms with van der Waals surface area (Å²) in [7, 11) is 3.53. The van der Waals surface area contributed by atoms with Gasteiger partial charge in [-0.15, -0.1) is 0 Å². The van der Waals surface area contributed by atoms with Crippen LogP contribution >= 0.6 is 23.6 Å². The van der Waals surface area contributed by atoms with Gasteiger partial charge >= 0.3 is 0 Å². The summed E-state index contributed by atoms with van der Waals surface area (Å²) in [6, 6.07) is -0.169. The van der Waals surface area contributed by atoms with Crippen LogP contribution in [-0.2, 0) is 4.79 Å². The van der Waals surface area contributed by atoms with E-state index in [2.05, 4.69) is 0 Å². The highest BCUT2D eigenvalue weighted by molar-refractivity contribution is 6.14. The van der Waals surface area contributed by atoms with Crippen molar-refractivity contribution in [3.05, 3.63) is 0 Å². The number of Topliss-reactive ketones (excluding diaryl/α,β-unsaturated/α-hetero) is 1. The number of carbonyl (C=O) groups excluding carboxylic acids is 1. The van der Waals surface area contributed by atoms with Crippen molar-refractivity contribution in [3.8, 4) is 0 Å². The Bertz CT molecular complexity index is 174. The molecule has 0 spiro atoms. The standard InChI is InChI=1S/C9H18Cl2N2O/c1-8(14)9(13(3)11)6-4-5-7-12(2)10/h9H,4-7H2,1-3H3. The summed E-state index contributed by atoms with van der Waals surface area (Å²) in [6.07, 6.45) is 2.73. The Balaban J connectivity index is 3.67. The van der Waals surface area contributed by atoms with Crippen molar-refractivity contribution in [1.82, 2.24) is 8.84 Å². The number of hydrogen-bond donors (Lipinski definition) is 0. The van der Waals surface area contributed by atoms with E-state index in [0.717, 1.165) is 25.8 Å². The number of halogens is 2. The van der Waals surface area contributed by atoms with E-state index < -0.39 is 0 Å². The van der Waals surface area contributed by atoms with Crippen LogP contribution in [0.3, 0.4) is 0 Å². The lowest BCUT2D eigenvalue weighted by Gasteiger charge is -2.18. The van der Waals surface area contributed by atoms with Crippen LogP contribution in [0.15, 0.2) is 0 Å². The van der Waals surface area contributed by atoms with E-state index in [9.17, 15) is 4.79 Å². The van der Waals surface area contributed by atoms with Gasteiger partial charge in [0.1, 0.15) is 5.78 Å². The molecule has 0 heterocycles. The Morgan fingerprint density at radius 1 is 1.29 bits per heavy atom. The number of nitrogens with zero attached hydrogens (tertiary/aromatic N) is 2. The predicted molar refractivity (Wildman–Crippen MR) is 60.4 cm³/mol. The van der Waals surface area contributed by atoms with Gasteiger partial charge in [0.15, 0.2) is 0 Å². The lowest BCUT2D eigenvalue weighted by molar-refractivity contribution is -0.120. The smallest absolute Gasteiger partial charge is 0.148 e. The first-order chi connectivity index (χ1) is 6.45. The molecule has 0 rings (SSSR count). The Hall–Kier alpha value is 0.170. The maximum Gasteiger partial charge on any atom is 0.148 e. The molecule has 0 aromatic rings. The van der Waals surface area contributed by atoms with E-state index in [0.29, 0.717) is 0 Å². The van der Waals surface area contributed by atoms with Crippen molar-refractivity contribution in [2.24, 2.45) is 0 Å². The Morgan fingerprint density at radius 3 is 2.21 bits per heavy atom. The van der Waals surface area contributed by atoms with Crippen molar-refractivity contribution < 1.29 is 4.79 Å². The molecule has 5 heteroatoms. The number of unbranched alkanes of at least 4 members (excludes halogenated alkanes) is 1. The van der Waals surface area contributed by atoms with Gasteiger partial charge in [-0.3, -0.25) is 4.79 Å². The first-order valence-corrected chi connectivity index (χ1v) is 5.38. The van der Waals surface area contributed by atoms with Crippen molar-refractivity contribution in [1.29, 1.82) is 0 Å². The molecular formula is C9H18Cl2N2O. The van der Waals surface area contributed by atoms with Crippen molar-refractivity contribution in [3.63, 3.8) is 0 Å². The summed E-state index contributed by atoms with van der Waals surface area (Å²) in [5.41, 5.74) is 0. The third kappa shape index (κ3) is 6.60. The van der Waals surface area contributed by atoms with E-state index in [1.54, 1.807) is 18.4 Å². The molecule has 0 bridgehead atoms. The topological polar surface area (TPSA) is 23.6 Å². The third-order valence-electron chi connectivity index (χ3n) is 2.09. The van der Waals surface area contributed by atoms with Crippen LogP contribution in [0.25, 0.3) is 0 Å². The van der Waals surface area contributed by atoms with Crippen LogP contribution in [0.2, 0.25) is 0 Å². The van der Waals surface area contributed by atoms with Crippen LogP contribution in [0, 0.1) is 0 Å². The summed E-state index contributed by atoms with van der Waals surface area (Å²) in [5, 5.41) is 0. The number of hydrogen-bond acceptors (Lipinski definition) is 3. The highest BCUT2D eigenvalue weighted by atomic mass is 35.5. The summed E-state index contributed by atoms with van der Waals surface area (Å²) in [6.45, 7) is 2.40. The largest absolute Gasteiger partial charge is 0.298 e. The molecule has 0 amide bonds. The molecule has 0 fully saturated rings. The van der Waals surface area contributed by atoms with Gasteiger partial charge in [0, 0.05) is 20.6 Å². The molecule has 0 aliphatic heterocycles. The summed E-state index contributed by atoms with van der Waals surface area (Å²) >= 11 is 11.4. The summed E-state index contributed by atoms with van der Waals surface area (Å²) in [5.74, 6) is 0.113. The summed E-state index contributed by atoms with van der Waals surface area (Å²) in [4.78, 5) is 11.2. The zero-order valence-electron chi connectivity index (χ0n) is 8.96. The molecule has 0 aliphatic rings. The molecule has 0 radical (unpaired) electrons. The van der Waals surface area contributed by atoms with E-state index in [1.165, 1.54) is 4.42 Å². The zero-order valence-corrected chi connectivity index (χ0v) is 10.5. The molecule has 1 atom stereocenters. The average molecular weight is 241 g/mol. The van der Waals surface area contributed by atoms with Crippen molar-refractivity contribution in [2.45, 2.75) is 32.2 Å².